The zero-order valence-corrected chi connectivity index (χ0v) is 16.5. The van der Waals surface area contributed by atoms with Crippen LogP contribution in [0.1, 0.15) is 53.5 Å². The van der Waals surface area contributed by atoms with E-state index in [1.54, 1.807) is 13.8 Å². The number of carbonyl (C=O) groups excluding carboxylic acids is 1. The molecule has 3 heterocycles. The van der Waals surface area contributed by atoms with Crippen LogP contribution in [0.15, 0.2) is 16.7 Å². The third kappa shape index (κ3) is 3.98. The third-order valence-corrected chi connectivity index (χ3v) is 5.52. The Morgan fingerprint density at radius 1 is 1.33 bits per heavy atom. The van der Waals surface area contributed by atoms with Crippen molar-refractivity contribution in [3.05, 3.63) is 35.3 Å². The van der Waals surface area contributed by atoms with Crippen molar-refractivity contribution < 1.29 is 27.1 Å². The average Bonchev–Trinajstić information content (AvgIpc) is 3.39. The Morgan fingerprint density at radius 3 is 2.60 bits per heavy atom. The fourth-order valence-corrected chi connectivity index (χ4v) is 3.38. The molecule has 1 amide bonds. The van der Waals surface area contributed by atoms with Gasteiger partial charge < -0.3 is 19.8 Å². The Labute approximate surface area is 170 Å². The molecule has 4 rings (SSSR count). The quantitative estimate of drug-likeness (QED) is 0.670. The Morgan fingerprint density at radius 2 is 2.07 bits per heavy atom. The summed E-state index contributed by atoms with van der Waals surface area (Å²) in [5, 5.41) is 13.9. The van der Waals surface area contributed by atoms with Crippen molar-refractivity contribution in [1.29, 1.82) is 0 Å². The number of pyridine rings is 1. The maximum absolute atomic E-state index is 13.5. The fraction of sp³-hybridized carbons (Fsp3) is 0.579. The summed E-state index contributed by atoms with van der Waals surface area (Å²) < 4.78 is 49.2. The van der Waals surface area contributed by atoms with Crippen LogP contribution in [0.2, 0.25) is 0 Å². The maximum Gasteiger partial charge on any atom is 0.304 e. The molecule has 2 aliphatic rings. The van der Waals surface area contributed by atoms with E-state index in [4.69, 9.17) is 9.15 Å². The summed E-state index contributed by atoms with van der Waals surface area (Å²) in [6.45, 7) is 4.70. The summed E-state index contributed by atoms with van der Waals surface area (Å²) in [6.07, 6.45) is -3.03. The van der Waals surface area contributed by atoms with Crippen molar-refractivity contribution in [2.24, 2.45) is 5.92 Å². The SMILES string of the molecule is Cc1nnc(C(C)(NC(=O)c2cc(OC(F)C(F)F)c(C3CC3)cn2)C2CNC2)o1. The molecule has 2 fully saturated rings. The van der Waals surface area contributed by atoms with Gasteiger partial charge in [-0.05, 0) is 25.7 Å². The Kier molecular flexibility index (Phi) is 5.39. The van der Waals surface area contributed by atoms with Gasteiger partial charge in [0.1, 0.15) is 17.0 Å². The number of aromatic nitrogens is 3. The van der Waals surface area contributed by atoms with Gasteiger partial charge in [0, 0.05) is 43.8 Å². The van der Waals surface area contributed by atoms with Gasteiger partial charge in [-0.3, -0.25) is 9.78 Å². The summed E-state index contributed by atoms with van der Waals surface area (Å²) in [5.41, 5.74) is -0.522. The Balaban J connectivity index is 1.60. The number of ether oxygens (including phenoxy) is 1. The van der Waals surface area contributed by atoms with Crippen LogP contribution in [0, 0.1) is 12.8 Å². The first-order valence-electron chi connectivity index (χ1n) is 9.70. The van der Waals surface area contributed by atoms with Gasteiger partial charge in [0.15, 0.2) is 0 Å². The van der Waals surface area contributed by atoms with Crippen LogP contribution < -0.4 is 15.4 Å². The number of aryl methyl sites for hydroxylation is 1. The predicted molar refractivity (Wildman–Crippen MR) is 98.0 cm³/mol. The number of nitrogens with one attached hydrogen (secondary N) is 2. The second-order valence-electron chi connectivity index (χ2n) is 7.82. The summed E-state index contributed by atoms with van der Waals surface area (Å²) in [7, 11) is 0. The molecule has 0 radical (unpaired) electrons. The molecule has 0 bridgehead atoms. The highest BCUT2D eigenvalue weighted by Gasteiger charge is 2.45. The van der Waals surface area contributed by atoms with Crippen LogP contribution in [-0.4, -0.2) is 47.0 Å². The number of alkyl halides is 3. The molecule has 1 saturated carbocycles. The van der Waals surface area contributed by atoms with Crippen LogP contribution in [0.3, 0.4) is 0 Å². The maximum atomic E-state index is 13.5. The van der Waals surface area contributed by atoms with E-state index >= 15 is 0 Å². The van der Waals surface area contributed by atoms with Gasteiger partial charge in [-0.25, -0.2) is 8.78 Å². The minimum Gasteiger partial charge on any atom is -0.454 e. The van der Waals surface area contributed by atoms with Gasteiger partial charge in [0.25, 0.3) is 12.3 Å². The minimum atomic E-state index is -3.29. The number of nitrogens with zero attached hydrogens (tertiary/aromatic N) is 3. The predicted octanol–water partition coefficient (Wildman–Crippen LogP) is 2.45. The summed E-state index contributed by atoms with van der Waals surface area (Å²) in [5.74, 6) is 0.0128. The molecule has 1 saturated heterocycles. The molecule has 1 aliphatic heterocycles. The molecule has 1 aliphatic carbocycles. The normalized spacial score (nSPS) is 19.8. The first kappa shape index (κ1) is 20.6. The van der Waals surface area contributed by atoms with E-state index in [9.17, 15) is 18.0 Å². The van der Waals surface area contributed by atoms with Crippen LogP contribution in [-0.2, 0) is 5.54 Å². The van der Waals surface area contributed by atoms with E-state index in [-0.39, 0.29) is 29.2 Å². The molecule has 0 spiro atoms. The molecule has 30 heavy (non-hydrogen) atoms. The van der Waals surface area contributed by atoms with E-state index < -0.39 is 24.2 Å². The molecule has 8 nitrogen and oxygen atoms in total. The first-order valence-corrected chi connectivity index (χ1v) is 9.70. The summed E-state index contributed by atoms with van der Waals surface area (Å²) in [6, 6.07) is 1.20. The smallest absolute Gasteiger partial charge is 0.304 e. The third-order valence-electron chi connectivity index (χ3n) is 5.52. The van der Waals surface area contributed by atoms with Crippen LogP contribution >= 0.6 is 0 Å². The molecule has 2 aromatic rings. The number of hydrogen-bond acceptors (Lipinski definition) is 7. The fourth-order valence-electron chi connectivity index (χ4n) is 3.38. The number of rotatable bonds is 8. The van der Waals surface area contributed by atoms with Gasteiger partial charge in [0.05, 0.1) is 0 Å². The van der Waals surface area contributed by atoms with Crippen molar-refractivity contribution >= 4 is 5.91 Å². The van der Waals surface area contributed by atoms with E-state index in [1.165, 1.54) is 12.3 Å². The molecule has 11 heteroatoms. The van der Waals surface area contributed by atoms with Crippen LogP contribution in [0.5, 0.6) is 5.75 Å². The van der Waals surface area contributed by atoms with Gasteiger partial charge in [-0.1, -0.05) is 0 Å². The van der Waals surface area contributed by atoms with E-state index in [1.807, 2.05) is 0 Å². The first-order chi connectivity index (χ1) is 14.3. The lowest BCUT2D eigenvalue weighted by Gasteiger charge is -2.41. The lowest BCUT2D eigenvalue weighted by atomic mass is 9.81. The molecule has 2 unspecified atom stereocenters. The lowest BCUT2D eigenvalue weighted by molar-refractivity contribution is -0.0673. The summed E-state index contributed by atoms with van der Waals surface area (Å²) >= 11 is 0. The zero-order valence-electron chi connectivity index (χ0n) is 16.5. The molecular weight excluding hydrogens is 403 g/mol. The van der Waals surface area contributed by atoms with Gasteiger partial charge in [-0.2, -0.15) is 4.39 Å². The average molecular weight is 425 g/mol. The van der Waals surface area contributed by atoms with Crippen LogP contribution in [0.4, 0.5) is 13.2 Å². The largest absolute Gasteiger partial charge is 0.454 e. The molecule has 2 aromatic heterocycles. The standard InChI is InChI=1S/C19H22F3N5O3/c1-9-26-27-18(29-9)19(2,11-6-23-7-11)25-17(28)13-5-14(30-16(22)15(20)21)12(8-24-13)10-3-4-10/h5,8,10-11,15-16,23H,3-4,6-7H2,1-2H3,(H,25,28). The Hall–Kier alpha value is -2.69. The van der Waals surface area contributed by atoms with Gasteiger partial charge >= 0.3 is 6.43 Å². The van der Waals surface area contributed by atoms with Gasteiger partial charge in [-0.15, -0.1) is 10.2 Å². The van der Waals surface area contributed by atoms with Crippen molar-refractivity contribution in [3.63, 3.8) is 0 Å². The highest BCUT2D eigenvalue weighted by atomic mass is 19.3. The van der Waals surface area contributed by atoms with Crippen molar-refractivity contribution in [3.8, 4) is 5.75 Å². The van der Waals surface area contributed by atoms with E-state index in [0.29, 0.717) is 24.5 Å². The molecule has 2 N–H and O–H groups in total. The molecule has 162 valence electrons. The number of hydrogen-bond donors (Lipinski definition) is 2. The monoisotopic (exact) mass is 425 g/mol. The second-order valence-corrected chi connectivity index (χ2v) is 7.82. The second kappa shape index (κ2) is 7.86. The van der Waals surface area contributed by atoms with Crippen molar-refractivity contribution in [2.75, 3.05) is 13.1 Å². The number of amides is 1. The number of halogens is 3. The van der Waals surface area contributed by atoms with Crippen molar-refractivity contribution in [2.45, 2.75) is 50.9 Å². The molecule has 2 atom stereocenters. The highest BCUT2D eigenvalue weighted by molar-refractivity contribution is 5.93. The van der Waals surface area contributed by atoms with E-state index in [0.717, 1.165) is 12.8 Å². The van der Waals surface area contributed by atoms with Crippen molar-refractivity contribution in [1.82, 2.24) is 25.8 Å². The van der Waals surface area contributed by atoms with Crippen LogP contribution in [0.25, 0.3) is 0 Å². The Bertz CT molecular complexity index is 932. The van der Waals surface area contributed by atoms with E-state index in [2.05, 4.69) is 25.8 Å². The zero-order chi connectivity index (χ0) is 21.5. The van der Waals surface area contributed by atoms with Gasteiger partial charge in [0.2, 0.25) is 11.8 Å². The topological polar surface area (TPSA) is 102 Å². The lowest BCUT2D eigenvalue weighted by Crippen LogP contribution is -2.60. The number of carbonyl (C=O) groups is 1. The molecular formula is C19H22F3N5O3. The summed E-state index contributed by atoms with van der Waals surface area (Å²) in [4.78, 5) is 17.1. The minimum absolute atomic E-state index is 0.00295. The highest BCUT2D eigenvalue weighted by Crippen LogP contribution is 2.44. The molecule has 0 aromatic carbocycles.